The zero-order valence-electron chi connectivity index (χ0n) is 15.4. The van der Waals surface area contributed by atoms with Gasteiger partial charge in [-0.25, -0.2) is 15.0 Å². The predicted molar refractivity (Wildman–Crippen MR) is 112 cm³/mol. The van der Waals surface area contributed by atoms with Crippen molar-refractivity contribution in [2.45, 2.75) is 13.3 Å². The number of aromatic nitrogens is 5. The summed E-state index contributed by atoms with van der Waals surface area (Å²) in [4.78, 5) is 21.2. The molecule has 0 atom stereocenters. The number of hydrogen-bond donors (Lipinski definition) is 2. The Bertz CT molecular complexity index is 955. The van der Waals surface area contributed by atoms with Crippen LogP contribution in [-0.2, 0) is 6.42 Å². The minimum Gasteiger partial charge on any atom is -0.369 e. The van der Waals surface area contributed by atoms with Crippen molar-refractivity contribution < 1.29 is 0 Å². The van der Waals surface area contributed by atoms with E-state index < -0.39 is 0 Å². The average molecular weight is 394 g/mol. The van der Waals surface area contributed by atoms with Crippen molar-refractivity contribution >= 4 is 23.4 Å². The molecule has 3 aromatic heterocycles. The third-order valence-corrected chi connectivity index (χ3v) is 3.87. The lowest BCUT2D eigenvalue weighted by Crippen LogP contribution is -2.10. The quantitative estimate of drug-likeness (QED) is 0.558. The smallest absolute Gasteiger partial charge is 0.229 e. The van der Waals surface area contributed by atoms with Crippen molar-refractivity contribution in [1.82, 2.24) is 24.9 Å². The van der Waals surface area contributed by atoms with Crippen molar-refractivity contribution in [3.63, 3.8) is 0 Å². The molecule has 8 heteroatoms. The van der Waals surface area contributed by atoms with Crippen molar-refractivity contribution in [2.75, 3.05) is 17.2 Å². The monoisotopic (exact) mass is 393 g/mol. The van der Waals surface area contributed by atoms with Gasteiger partial charge in [0.15, 0.2) is 0 Å². The lowest BCUT2D eigenvalue weighted by Gasteiger charge is -2.13. The van der Waals surface area contributed by atoms with Gasteiger partial charge in [-0.15, -0.1) is 0 Å². The van der Waals surface area contributed by atoms with Gasteiger partial charge in [0.05, 0.1) is 0 Å². The second kappa shape index (κ2) is 9.57. The molecule has 0 amide bonds. The van der Waals surface area contributed by atoms with E-state index in [1.165, 1.54) is 11.9 Å². The van der Waals surface area contributed by atoms with Crippen molar-refractivity contribution in [3.8, 4) is 11.1 Å². The van der Waals surface area contributed by atoms with Crippen molar-refractivity contribution in [3.05, 3.63) is 78.4 Å². The molecule has 28 heavy (non-hydrogen) atoms. The zero-order valence-corrected chi connectivity index (χ0v) is 16.2. The van der Waals surface area contributed by atoms with Crippen LogP contribution in [0.2, 0.25) is 0 Å². The summed E-state index contributed by atoms with van der Waals surface area (Å²) in [7, 11) is 0. The van der Waals surface area contributed by atoms with Gasteiger partial charge in [0, 0.05) is 59.4 Å². The third-order valence-electron chi connectivity index (χ3n) is 3.76. The fourth-order valence-electron chi connectivity index (χ4n) is 2.52. The molecule has 0 spiro atoms. The maximum atomic E-state index is 5.89. The number of halogens is 1. The lowest BCUT2D eigenvalue weighted by molar-refractivity contribution is 0.995. The van der Waals surface area contributed by atoms with Crippen LogP contribution in [-0.4, -0.2) is 31.5 Å². The molecule has 0 unspecified atom stereocenters. The van der Waals surface area contributed by atoms with E-state index >= 15 is 0 Å². The van der Waals surface area contributed by atoms with Crippen molar-refractivity contribution in [1.29, 1.82) is 0 Å². The molecule has 0 fully saturated rings. The number of nitrogens with zero attached hydrogens (tertiary/aromatic N) is 5. The maximum Gasteiger partial charge on any atom is 0.229 e. The molecule has 7 nitrogen and oxygen atoms in total. The fraction of sp³-hybridized carbons (Fsp3) is 0.150. The Morgan fingerprint density at radius 3 is 2.61 bits per heavy atom. The Kier molecular flexibility index (Phi) is 6.64. The average Bonchev–Trinajstić information content (AvgIpc) is 2.69. The maximum absolute atomic E-state index is 5.89. The Morgan fingerprint density at radius 2 is 1.89 bits per heavy atom. The SMILES string of the molecule is C=C(/C=C(\C)Cl)Nc1ncc(-c2cncnc2)c(NCCc2ccncc2)n1. The zero-order chi connectivity index (χ0) is 19.8. The van der Waals surface area contributed by atoms with Gasteiger partial charge in [0.2, 0.25) is 5.95 Å². The molecule has 0 saturated heterocycles. The van der Waals surface area contributed by atoms with Crippen LogP contribution in [0.1, 0.15) is 12.5 Å². The van der Waals surface area contributed by atoms with Crippen LogP contribution in [0.3, 0.4) is 0 Å². The Balaban J connectivity index is 1.81. The van der Waals surface area contributed by atoms with Crippen molar-refractivity contribution in [2.24, 2.45) is 0 Å². The van der Waals surface area contributed by atoms with Crippen LogP contribution in [0.5, 0.6) is 0 Å². The molecular weight excluding hydrogens is 374 g/mol. The molecule has 0 aliphatic rings. The standard InChI is InChI=1S/C20H20ClN7/c1-14(21)9-15(2)27-20-26-12-18(17-10-23-13-24-11-17)19(28-20)25-8-5-16-3-6-22-7-4-16/h3-4,6-7,9-13H,2,5,8H2,1H3,(H2,25,26,27,28)/b14-9+. The molecule has 0 aliphatic carbocycles. The number of allylic oxidation sites excluding steroid dienone is 2. The normalized spacial score (nSPS) is 11.1. The second-order valence-corrected chi connectivity index (χ2v) is 6.59. The first-order chi connectivity index (χ1) is 13.6. The summed E-state index contributed by atoms with van der Waals surface area (Å²) in [6.45, 7) is 6.38. The molecule has 3 heterocycles. The van der Waals surface area contributed by atoms with E-state index in [9.17, 15) is 0 Å². The highest BCUT2D eigenvalue weighted by atomic mass is 35.5. The molecule has 3 rings (SSSR count). The summed E-state index contributed by atoms with van der Waals surface area (Å²) in [5, 5.41) is 7.04. The van der Waals surface area contributed by atoms with E-state index in [-0.39, 0.29) is 0 Å². The molecule has 0 aliphatic heterocycles. The number of rotatable bonds is 8. The molecule has 2 N–H and O–H groups in total. The van der Waals surface area contributed by atoms with Crippen LogP contribution in [0.25, 0.3) is 11.1 Å². The highest BCUT2D eigenvalue weighted by Crippen LogP contribution is 2.26. The van der Waals surface area contributed by atoms with E-state index in [4.69, 9.17) is 11.6 Å². The molecule has 0 aromatic carbocycles. The first-order valence-corrected chi connectivity index (χ1v) is 9.04. The summed E-state index contributed by atoms with van der Waals surface area (Å²) in [5.74, 6) is 1.10. The van der Waals surface area contributed by atoms with E-state index in [1.807, 2.05) is 12.1 Å². The van der Waals surface area contributed by atoms with E-state index in [2.05, 4.69) is 42.1 Å². The summed E-state index contributed by atoms with van der Waals surface area (Å²) in [6, 6.07) is 3.98. The number of nitrogens with one attached hydrogen (secondary N) is 2. The molecule has 0 radical (unpaired) electrons. The predicted octanol–water partition coefficient (Wildman–Crippen LogP) is 4.05. The molecule has 142 valence electrons. The van der Waals surface area contributed by atoms with Gasteiger partial charge in [-0.2, -0.15) is 4.98 Å². The van der Waals surface area contributed by atoms with E-state index in [0.717, 1.165) is 17.5 Å². The third kappa shape index (κ3) is 5.59. The van der Waals surface area contributed by atoms with E-state index in [0.29, 0.717) is 29.0 Å². The first kappa shape index (κ1) is 19.4. The number of anilines is 2. The fourth-order valence-corrected chi connectivity index (χ4v) is 2.65. The first-order valence-electron chi connectivity index (χ1n) is 8.67. The molecular formula is C20H20ClN7. The summed E-state index contributed by atoms with van der Waals surface area (Å²) < 4.78 is 0. The highest BCUT2D eigenvalue weighted by molar-refractivity contribution is 6.29. The topological polar surface area (TPSA) is 88.5 Å². The van der Waals surface area contributed by atoms with Gasteiger partial charge < -0.3 is 10.6 Å². The van der Waals surface area contributed by atoms with Gasteiger partial charge in [-0.3, -0.25) is 4.98 Å². The van der Waals surface area contributed by atoms with Crippen LogP contribution in [0, 0.1) is 0 Å². The van der Waals surface area contributed by atoms with Gasteiger partial charge in [-0.05, 0) is 37.1 Å². The van der Waals surface area contributed by atoms with Gasteiger partial charge in [0.25, 0.3) is 0 Å². The highest BCUT2D eigenvalue weighted by Gasteiger charge is 2.10. The lowest BCUT2D eigenvalue weighted by atomic mass is 10.1. The minimum atomic E-state index is 0.422. The van der Waals surface area contributed by atoms with Crippen LogP contribution >= 0.6 is 11.6 Å². The summed E-state index contributed by atoms with van der Waals surface area (Å²) >= 11 is 5.89. The Labute approximate surface area is 168 Å². The number of hydrogen-bond acceptors (Lipinski definition) is 7. The minimum absolute atomic E-state index is 0.422. The van der Waals surface area contributed by atoms with Crippen LogP contribution in [0.15, 0.2) is 72.8 Å². The van der Waals surface area contributed by atoms with Gasteiger partial charge in [0.1, 0.15) is 12.1 Å². The largest absolute Gasteiger partial charge is 0.369 e. The summed E-state index contributed by atoms with van der Waals surface area (Å²) in [5.41, 5.74) is 3.44. The van der Waals surface area contributed by atoms with Gasteiger partial charge >= 0.3 is 0 Å². The van der Waals surface area contributed by atoms with Crippen LogP contribution < -0.4 is 10.6 Å². The molecule has 0 bridgehead atoms. The molecule has 3 aromatic rings. The van der Waals surface area contributed by atoms with E-state index in [1.54, 1.807) is 44.0 Å². The Morgan fingerprint density at radius 1 is 1.14 bits per heavy atom. The summed E-state index contributed by atoms with van der Waals surface area (Å²) in [6.07, 6.45) is 12.8. The Hall–Kier alpha value is -3.32. The van der Waals surface area contributed by atoms with Gasteiger partial charge in [-0.1, -0.05) is 18.2 Å². The number of pyridine rings is 1. The van der Waals surface area contributed by atoms with Crippen LogP contribution in [0.4, 0.5) is 11.8 Å². The molecule has 0 saturated carbocycles. The second-order valence-electron chi connectivity index (χ2n) is 6.00.